The molecular formula is C46H52N16O6S2. The van der Waals surface area contributed by atoms with Crippen molar-refractivity contribution in [1.82, 2.24) is 60.1 Å². The second kappa shape index (κ2) is 21.2. The van der Waals surface area contributed by atoms with E-state index in [1.54, 1.807) is 121 Å². The number of benzene rings is 2. The lowest BCUT2D eigenvalue weighted by Gasteiger charge is -2.25. The van der Waals surface area contributed by atoms with Gasteiger partial charge in [-0.3, -0.25) is 24.7 Å². The maximum absolute atomic E-state index is 13.5. The number of ether oxygens (including phenoxy) is 2. The van der Waals surface area contributed by atoms with E-state index in [2.05, 4.69) is 61.6 Å². The van der Waals surface area contributed by atoms with Gasteiger partial charge >= 0.3 is 12.2 Å². The molecule has 22 nitrogen and oxygen atoms in total. The van der Waals surface area contributed by atoms with Crippen molar-refractivity contribution >= 4 is 101 Å². The first-order valence-electron chi connectivity index (χ1n) is 21.6. The van der Waals surface area contributed by atoms with Crippen molar-refractivity contribution in [2.24, 2.45) is 0 Å². The summed E-state index contributed by atoms with van der Waals surface area (Å²) in [6, 6.07) is 14.5. The van der Waals surface area contributed by atoms with Gasteiger partial charge in [0, 0.05) is 40.0 Å². The van der Waals surface area contributed by atoms with Gasteiger partial charge in [0.05, 0.1) is 66.0 Å². The Morgan fingerprint density at radius 3 is 1.89 bits per heavy atom. The van der Waals surface area contributed by atoms with Gasteiger partial charge < -0.3 is 35.2 Å². The number of hydrogen-bond donors (Lipinski definition) is 4. The molecule has 3 amide bonds. The number of amides is 3. The van der Waals surface area contributed by atoms with Crippen LogP contribution in [0.25, 0.3) is 42.9 Å². The molecule has 0 aliphatic heterocycles. The fraction of sp³-hybridized carbons (Fsp3) is 0.304. The van der Waals surface area contributed by atoms with E-state index in [0.29, 0.717) is 55.2 Å². The number of pyridine rings is 2. The summed E-state index contributed by atoms with van der Waals surface area (Å²) in [6.07, 6.45) is 8.46. The molecule has 0 radical (unpaired) electrons. The average molecular weight is 989 g/mol. The van der Waals surface area contributed by atoms with E-state index in [-0.39, 0.29) is 23.5 Å². The van der Waals surface area contributed by atoms with E-state index in [9.17, 15) is 19.2 Å². The van der Waals surface area contributed by atoms with Crippen LogP contribution < -0.4 is 20.9 Å². The summed E-state index contributed by atoms with van der Waals surface area (Å²) in [5.41, 5.74) is 3.88. The molecule has 0 saturated heterocycles. The molecule has 0 saturated carbocycles. The molecule has 0 spiro atoms. The number of carbonyl (C=O) groups is 4. The SMILES string of the molecule is CN(C)CC(=O)Nc1cncc(-c2nnc(N(C(=O)OC(C)(C)C)c3ccc4c(cnn4C(=O)OC(C)(C)C)c3)s2)c1.CN(C)CC(=O)Nc1cncc(-c2nnc(Nc3ccc4[nH]ncc4c3)s2)c1. The van der Waals surface area contributed by atoms with Crippen LogP contribution in [0.15, 0.2) is 85.7 Å². The molecule has 8 rings (SSSR count). The van der Waals surface area contributed by atoms with Crippen LogP contribution in [0.5, 0.6) is 0 Å². The molecule has 2 aromatic carbocycles. The molecule has 0 aliphatic rings. The quantitative estimate of drug-likeness (QED) is 0.0903. The summed E-state index contributed by atoms with van der Waals surface area (Å²) in [5.74, 6) is -0.281. The van der Waals surface area contributed by atoms with Crippen LogP contribution in [-0.2, 0) is 19.1 Å². The first-order chi connectivity index (χ1) is 33.2. The number of hydrogen-bond acceptors (Lipinski definition) is 19. The summed E-state index contributed by atoms with van der Waals surface area (Å²) in [6.45, 7) is 11.2. The Morgan fingerprint density at radius 1 is 0.657 bits per heavy atom. The topological polar surface area (TPSA) is 256 Å². The fourth-order valence-corrected chi connectivity index (χ4v) is 7.98. The molecule has 364 valence electrons. The summed E-state index contributed by atoms with van der Waals surface area (Å²) < 4.78 is 12.3. The minimum atomic E-state index is -0.780. The lowest BCUT2D eigenvalue weighted by Crippen LogP contribution is -2.33. The number of nitrogens with zero attached hydrogens (tertiary/aromatic N) is 12. The zero-order valence-electron chi connectivity index (χ0n) is 40.1. The summed E-state index contributed by atoms with van der Waals surface area (Å²) >= 11 is 2.56. The zero-order valence-corrected chi connectivity index (χ0v) is 41.8. The highest BCUT2D eigenvalue weighted by Gasteiger charge is 2.29. The largest absolute Gasteiger partial charge is 0.443 e. The summed E-state index contributed by atoms with van der Waals surface area (Å²) in [7, 11) is 7.29. The van der Waals surface area contributed by atoms with Crippen LogP contribution in [-0.4, -0.2) is 137 Å². The molecule has 70 heavy (non-hydrogen) atoms. The molecule has 6 aromatic heterocycles. The Hall–Kier alpha value is -7.80. The molecule has 0 fully saturated rings. The molecular weight excluding hydrogens is 937 g/mol. The highest BCUT2D eigenvalue weighted by Crippen LogP contribution is 2.36. The normalized spacial score (nSPS) is 11.6. The van der Waals surface area contributed by atoms with Crippen molar-refractivity contribution in [3.05, 3.63) is 85.7 Å². The number of carbonyl (C=O) groups excluding carboxylic acids is 4. The first kappa shape index (κ1) is 50.1. The van der Waals surface area contributed by atoms with Gasteiger partial charge in [-0.05, 0) is 118 Å². The third-order valence-corrected chi connectivity index (χ3v) is 11.0. The van der Waals surface area contributed by atoms with E-state index in [4.69, 9.17) is 9.47 Å². The third-order valence-electron chi connectivity index (χ3n) is 9.13. The molecule has 0 bridgehead atoms. The van der Waals surface area contributed by atoms with E-state index in [1.807, 2.05) is 38.4 Å². The second-order valence-corrected chi connectivity index (χ2v) is 20.1. The molecule has 6 heterocycles. The minimum absolute atomic E-state index is 0.0989. The molecule has 0 aliphatic carbocycles. The Kier molecular flexibility index (Phi) is 15.2. The van der Waals surface area contributed by atoms with Crippen molar-refractivity contribution in [2.75, 3.05) is 62.1 Å². The molecule has 24 heteroatoms. The molecule has 8 aromatic rings. The van der Waals surface area contributed by atoms with Crippen LogP contribution in [0, 0.1) is 0 Å². The van der Waals surface area contributed by atoms with E-state index >= 15 is 0 Å². The maximum atomic E-state index is 13.5. The van der Waals surface area contributed by atoms with Gasteiger partial charge in [0.25, 0.3) is 0 Å². The van der Waals surface area contributed by atoms with Crippen molar-refractivity contribution < 1.29 is 28.7 Å². The molecule has 0 unspecified atom stereocenters. The molecule has 0 atom stereocenters. The number of aromatic amines is 1. The molecule has 4 N–H and O–H groups in total. The predicted molar refractivity (Wildman–Crippen MR) is 270 cm³/mol. The monoisotopic (exact) mass is 988 g/mol. The second-order valence-electron chi connectivity index (χ2n) is 18.2. The summed E-state index contributed by atoms with van der Waals surface area (Å²) in [4.78, 5) is 63.5. The van der Waals surface area contributed by atoms with Gasteiger partial charge in [0.15, 0.2) is 10.0 Å². The lowest BCUT2D eigenvalue weighted by atomic mass is 10.2. The van der Waals surface area contributed by atoms with Crippen molar-refractivity contribution in [2.45, 2.75) is 52.7 Å². The van der Waals surface area contributed by atoms with Crippen LogP contribution in [0.3, 0.4) is 0 Å². The number of anilines is 6. The van der Waals surface area contributed by atoms with Gasteiger partial charge in [-0.2, -0.15) is 14.9 Å². The van der Waals surface area contributed by atoms with Crippen molar-refractivity contribution in [3.63, 3.8) is 0 Å². The van der Waals surface area contributed by atoms with E-state index < -0.39 is 23.4 Å². The smallest absolute Gasteiger partial charge is 0.435 e. The van der Waals surface area contributed by atoms with Crippen molar-refractivity contribution in [3.8, 4) is 21.1 Å². The highest BCUT2D eigenvalue weighted by molar-refractivity contribution is 7.19. The van der Waals surface area contributed by atoms with Gasteiger partial charge in [-0.25, -0.2) is 14.5 Å². The Labute approximate surface area is 410 Å². The van der Waals surface area contributed by atoms with Crippen LogP contribution in [0.4, 0.5) is 42.6 Å². The maximum Gasteiger partial charge on any atom is 0.435 e. The zero-order chi connectivity index (χ0) is 50.3. The minimum Gasteiger partial charge on any atom is -0.443 e. The Morgan fingerprint density at radius 2 is 1.27 bits per heavy atom. The number of aromatic nitrogens is 10. The van der Waals surface area contributed by atoms with E-state index in [1.165, 1.54) is 27.1 Å². The number of rotatable bonds is 12. The van der Waals surface area contributed by atoms with Gasteiger partial charge in [0.1, 0.15) is 11.2 Å². The number of fused-ring (bicyclic) bond motifs is 2. The van der Waals surface area contributed by atoms with Crippen LogP contribution >= 0.6 is 22.7 Å². The van der Waals surface area contributed by atoms with Crippen LogP contribution in [0.1, 0.15) is 41.5 Å². The van der Waals surface area contributed by atoms with Crippen LogP contribution in [0.2, 0.25) is 0 Å². The fourth-order valence-electron chi connectivity index (χ4n) is 6.39. The number of H-pyrrole nitrogens is 1. The lowest BCUT2D eigenvalue weighted by molar-refractivity contribution is -0.117. The van der Waals surface area contributed by atoms with Gasteiger partial charge in [-0.15, -0.1) is 20.4 Å². The number of nitrogens with one attached hydrogen (secondary N) is 4. The number of likely N-dealkylation sites (N-methyl/N-ethyl adjacent to an activating group) is 2. The third kappa shape index (κ3) is 13.5. The van der Waals surface area contributed by atoms with Crippen molar-refractivity contribution in [1.29, 1.82) is 0 Å². The van der Waals surface area contributed by atoms with Gasteiger partial charge in [-0.1, -0.05) is 22.7 Å². The van der Waals surface area contributed by atoms with Gasteiger partial charge in [0.2, 0.25) is 22.1 Å². The average Bonchev–Trinajstić information content (AvgIpc) is 4.10. The predicted octanol–water partition coefficient (Wildman–Crippen LogP) is 8.03. The van der Waals surface area contributed by atoms with E-state index in [0.717, 1.165) is 33.5 Å². The Bertz CT molecular complexity index is 3150. The standard InChI is InChI=1S/C28H34N8O5S.C18H18N8OS/c1-27(2,3)40-25(38)35(20-9-10-21-17(12-20)14-30-36(21)26(39)41-28(4,5)6)24-33-32-23(42-24)18-11-19(15-29-13-18)31-22(37)16-34(7)8;1-26(2)10-16(27)21-14-6-12(7-19-9-14)17-24-25-18(28-17)22-13-3-4-15-11(5-13)8-20-23-15/h9-15H,16H2,1-8H3,(H,31,37);3-9H,10H2,1-2H3,(H,20,23)(H,21,27)(H,22,25). The summed E-state index contributed by atoms with van der Waals surface area (Å²) in [5, 5.41) is 40.7. The first-order valence-corrected chi connectivity index (χ1v) is 23.2. The Balaban J connectivity index is 0.000000223. The highest BCUT2D eigenvalue weighted by atomic mass is 32.1.